The van der Waals surface area contributed by atoms with Crippen molar-refractivity contribution in [2.75, 3.05) is 0 Å². The molecule has 0 aliphatic heterocycles. The molecule has 1 saturated carbocycles. The molecule has 25 heavy (non-hydrogen) atoms. The van der Waals surface area contributed by atoms with Gasteiger partial charge in [0.2, 0.25) is 0 Å². The van der Waals surface area contributed by atoms with E-state index in [-0.39, 0.29) is 12.1 Å². The maximum absolute atomic E-state index is 13.0. The summed E-state index contributed by atoms with van der Waals surface area (Å²) in [6.45, 7) is 2.52. The van der Waals surface area contributed by atoms with Gasteiger partial charge in [0.1, 0.15) is 0 Å². The molecule has 130 valence electrons. The summed E-state index contributed by atoms with van der Waals surface area (Å²) >= 11 is 0. The molecule has 0 spiro atoms. The standard InChI is InChI=1S/C21H25N3O/c1-15-6-5-13-22-19(15)14-23-21(25)24(17-11-12-17)20-10-4-8-16-7-2-3-9-18(16)20/h2-3,5-7,9,13,17,20H,4,8,10-12,14H2,1H3,(H,23,25). The zero-order valence-corrected chi connectivity index (χ0v) is 14.7. The van der Waals surface area contributed by atoms with Crippen LogP contribution in [0.25, 0.3) is 0 Å². The van der Waals surface area contributed by atoms with Gasteiger partial charge >= 0.3 is 6.03 Å². The molecular formula is C21H25N3O. The molecule has 1 aromatic carbocycles. The molecule has 4 nitrogen and oxygen atoms in total. The molecule has 4 rings (SSSR count). The molecule has 2 aromatic rings. The van der Waals surface area contributed by atoms with Gasteiger partial charge in [-0.2, -0.15) is 0 Å². The number of fused-ring (bicyclic) bond motifs is 1. The van der Waals surface area contributed by atoms with Crippen molar-refractivity contribution in [3.8, 4) is 0 Å². The number of nitrogens with zero attached hydrogens (tertiary/aromatic N) is 2. The third kappa shape index (κ3) is 3.39. The third-order valence-corrected chi connectivity index (χ3v) is 5.37. The SMILES string of the molecule is Cc1cccnc1CNC(=O)N(C1CC1)C1CCCc2ccccc21. The smallest absolute Gasteiger partial charge is 0.318 e. The fourth-order valence-corrected chi connectivity index (χ4v) is 3.89. The van der Waals surface area contributed by atoms with Crippen LogP contribution in [0.15, 0.2) is 42.6 Å². The predicted molar refractivity (Wildman–Crippen MR) is 98.2 cm³/mol. The highest BCUT2D eigenvalue weighted by atomic mass is 16.2. The maximum atomic E-state index is 13.0. The molecule has 1 unspecified atom stereocenters. The van der Waals surface area contributed by atoms with Gasteiger partial charge in [0.05, 0.1) is 18.3 Å². The second kappa shape index (κ2) is 6.87. The van der Waals surface area contributed by atoms with Crippen LogP contribution in [0, 0.1) is 6.92 Å². The molecule has 0 saturated heterocycles. The molecule has 0 bridgehead atoms. The number of pyridine rings is 1. The monoisotopic (exact) mass is 335 g/mol. The number of hydrogen-bond acceptors (Lipinski definition) is 2. The van der Waals surface area contributed by atoms with Crippen molar-refractivity contribution in [1.29, 1.82) is 0 Å². The van der Waals surface area contributed by atoms with Gasteiger partial charge in [-0.25, -0.2) is 4.79 Å². The number of urea groups is 1. The Labute approximate surface area is 149 Å². The van der Waals surface area contributed by atoms with Gasteiger partial charge in [-0.15, -0.1) is 0 Å². The molecule has 1 N–H and O–H groups in total. The van der Waals surface area contributed by atoms with Crippen molar-refractivity contribution in [2.24, 2.45) is 0 Å². The highest BCUT2D eigenvalue weighted by molar-refractivity contribution is 5.75. The number of rotatable bonds is 4. The second-order valence-electron chi connectivity index (χ2n) is 7.17. The summed E-state index contributed by atoms with van der Waals surface area (Å²) in [5.41, 5.74) is 4.79. The fourth-order valence-electron chi connectivity index (χ4n) is 3.89. The van der Waals surface area contributed by atoms with Crippen LogP contribution < -0.4 is 5.32 Å². The van der Waals surface area contributed by atoms with Gasteiger partial charge < -0.3 is 10.2 Å². The number of nitrogens with one attached hydrogen (secondary N) is 1. The Kier molecular flexibility index (Phi) is 4.43. The van der Waals surface area contributed by atoms with E-state index >= 15 is 0 Å². The minimum absolute atomic E-state index is 0.0502. The zero-order chi connectivity index (χ0) is 17.2. The molecule has 1 fully saturated rings. The summed E-state index contributed by atoms with van der Waals surface area (Å²) in [6, 6.07) is 13.2. The Morgan fingerprint density at radius 2 is 2.04 bits per heavy atom. The van der Waals surface area contributed by atoms with E-state index in [9.17, 15) is 4.79 Å². The number of aromatic nitrogens is 1. The van der Waals surface area contributed by atoms with Crippen LogP contribution in [0.4, 0.5) is 4.79 Å². The molecule has 1 heterocycles. The van der Waals surface area contributed by atoms with Crippen LogP contribution in [-0.4, -0.2) is 22.0 Å². The van der Waals surface area contributed by atoms with Crippen LogP contribution in [0.5, 0.6) is 0 Å². The Morgan fingerprint density at radius 3 is 2.84 bits per heavy atom. The summed E-state index contributed by atoms with van der Waals surface area (Å²) in [7, 11) is 0. The van der Waals surface area contributed by atoms with Gasteiger partial charge in [-0.3, -0.25) is 4.98 Å². The lowest BCUT2D eigenvalue weighted by atomic mass is 9.87. The van der Waals surface area contributed by atoms with E-state index in [1.807, 2.05) is 19.1 Å². The lowest BCUT2D eigenvalue weighted by Gasteiger charge is -2.36. The predicted octanol–water partition coefficient (Wildman–Crippen LogP) is 4.14. The van der Waals surface area contributed by atoms with Crippen LogP contribution in [-0.2, 0) is 13.0 Å². The molecule has 1 atom stereocenters. The van der Waals surface area contributed by atoms with E-state index in [0.717, 1.165) is 43.4 Å². The van der Waals surface area contributed by atoms with Crippen molar-refractivity contribution in [3.05, 3.63) is 65.0 Å². The molecule has 0 radical (unpaired) electrons. The molecule has 1 aromatic heterocycles. The molecule has 2 aliphatic carbocycles. The van der Waals surface area contributed by atoms with Crippen molar-refractivity contribution >= 4 is 6.03 Å². The van der Waals surface area contributed by atoms with Crippen LogP contribution >= 0.6 is 0 Å². The van der Waals surface area contributed by atoms with Crippen molar-refractivity contribution < 1.29 is 4.79 Å². The topological polar surface area (TPSA) is 45.2 Å². The summed E-state index contributed by atoms with van der Waals surface area (Å²) in [5.74, 6) is 0. The first kappa shape index (κ1) is 16.1. The summed E-state index contributed by atoms with van der Waals surface area (Å²) in [6.07, 6.45) is 7.36. The quantitative estimate of drug-likeness (QED) is 0.912. The number of carbonyl (C=O) groups is 1. The van der Waals surface area contributed by atoms with Gasteiger partial charge in [-0.05, 0) is 61.8 Å². The molecule has 2 amide bonds. The number of hydrogen-bond donors (Lipinski definition) is 1. The lowest BCUT2D eigenvalue weighted by molar-refractivity contribution is 0.161. The van der Waals surface area contributed by atoms with Gasteiger partial charge in [-0.1, -0.05) is 30.3 Å². The fraction of sp³-hybridized carbons (Fsp3) is 0.429. The first-order valence-corrected chi connectivity index (χ1v) is 9.28. The van der Waals surface area contributed by atoms with Crippen molar-refractivity contribution in [2.45, 2.75) is 57.7 Å². The van der Waals surface area contributed by atoms with E-state index in [4.69, 9.17) is 0 Å². The van der Waals surface area contributed by atoms with Gasteiger partial charge in [0.25, 0.3) is 0 Å². The average molecular weight is 335 g/mol. The minimum atomic E-state index is 0.0502. The Hall–Kier alpha value is -2.36. The van der Waals surface area contributed by atoms with Crippen molar-refractivity contribution in [3.63, 3.8) is 0 Å². The van der Waals surface area contributed by atoms with E-state index in [1.54, 1.807) is 6.20 Å². The van der Waals surface area contributed by atoms with Crippen molar-refractivity contribution in [1.82, 2.24) is 15.2 Å². The van der Waals surface area contributed by atoms with E-state index in [2.05, 4.69) is 39.5 Å². The first-order valence-electron chi connectivity index (χ1n) is 9.28. The number of amides is 2. The maximum Gasteiger partial charge on any atom is 0.318 e. The summed E-state index contributed by atoms with van der Waals surface area (Å²) in [4.78, 5) is 19.5. The summed E-state index contributed by atoms with van der Waals surface area (Å²) in [5, 5.41) is 3.11. The van der Waals surface area contributed by atoms with E-state index < -0.39 is 0 Å². The van der Waals surface area contributed by atoms with E-state index in [1.165, 1.54) is 11.1 Å². The minimum Gasteiger partial charge on any atom is -0.332 e. The van der Waals surface area contributed by atoms with Crippen LogP contribution in [0.2, 0.25) is 0 Å². The average Bonchev–Trinajstić information content (AvgIpc) is 3.46. The first-order chi connectivity index (χ1) is 12.2. The zero-order valence-electron chi connectivity index (χ0n) is 14.7. The summed E-state index contributed by atoms with van der Waals surface area (Å²) < 4.78 is 0. The van der Waals surface area contributed by atoms with Gasteiger partial charge in [0, 0.05) is 12.2 Å². The Morgan fingerprint density at radius 1 is 1.20 bits per heavy atom. The number of benzene rings is 1. The number of aryl methyl sites for hydroxylation is 2. The largest absolute Gasteiger partial charge is 0.332 e. The second-order valence-corrected chi connectivity index (χ2v) is 7.17. The molecule has 4 heteroatoms. The third-order valence-electron chi connectivity index (χ3n) is 5.37. The number of carbonyl (C=O) groups excluding carboxylic acids is 1. The molecule has 2 aliphatic rings. The van der Waals surface area contributed by atoms with E-state index in [0.29, 0.717) is 12.6 Å². The Bertz CT molecular complexity index is 769. The molecular weight excluding hydrogens is 310 g/mol. The normalized spacial score (nSPS) is 19.2. The van der Waals surface area contributed by atoms with Gasteiger partial charge in [0.15, 0.2) is 0 Å². The lowest BCUT2D eigenvalue weighted by Crippen LogP contribution is -2.44. The van der Waals surface area contributed by atoms with Crippen LogP contribution in [0.3, 0.4) is 0 Å². The Balaban J connectivity index is 1.52. The van der Waals surface area contributed by atoms with Crippen LogP contribution in [0.1, 0.15) is 54.1 Å². The highest BCUT2D eigenvalue weighted by Crippen LogP contribution is 2.40. The highest BCUT2D eigenvalue weighted by Gasteiger charge is 2.39.